The molecule has 206 valence electrons. The van der Waals surface area contributed by atoms with E-state index in [2.05, 4.69) is 0 Å². The third-order valence-electron chi connectivity index (χ3n) is 5.85. The molecular formula is C32H33F4O2P. The molecule has 0 amide bonds. The van der Waals surface area contributed by atoms with Gasteiger partial charge >= 0.3 is 0 Å². The van der Waals surface area contributed by atoms with Crippen molar-refractivity contribution >= 4 is 12.9 Å². The lowest BCUT2D eigenvalue weighted by Crippen LogP contribution is -2.01. The lowest BCUT2D eigenvalue weighted by Gasteiger charge is -2.16. The molecule has 2 nitrogen and oxygen atoms in total. The van der Waals surface area contributed by atoms with Crippen LogP contribution < -0.4 is 0 Å². The Labute approximate surface area is 228 Å². The van der Waals surface area contributed by atoms with Gasteiger partial charge in [0.25, 0.3) is 0 Å². The zero-order valence-electron chi connectivity index (χ0n) is 22.5. The average molecular weight is 557 g/mol. The molecule has 0 aliphatic rings. The van der Waals surface area contributed by atoms with Crippen LogP contribution in [0.5, 0.6) is 0 Å². The summed E-state index contributed by atoms with van der Waals surface area (Å²) in [4.78, 5) is 11.8. The Balaban J connectivity index is 0.000000228. The summed E-state index contributed by atoms with van der Waals surface area (Å²) in [6.45, 7) is 7.56. The molecule has 0 aliphatic heterocycles. The van der Waals surface area contributed by atoms with E-state index in [0.29, 0.717) is 0 Å². The standard InChI is InChI=1S/C15H14F2.C13H8F2O.C4H11OP/c1-2-15(11-5-3-7-13(16)9-11)12-6-4-8-14(17)10-12;14-11-5-1-3-9(7-11)13(16)10-4-2-6-12(15)8-10;1-4-6(2,3)5/h3-10,15H,2H2,1H3;1-8H;4H2,1-3H3. The number of ketones is 1. The van der Waals surface area contributed by atoms with Crippen LogP contribution >= 0.6 is 7.14 Å². The van der Waals surface area contributed by atoms with E-state index in [9.17, 15) is 26.9 Å². The second-order valence-electron chi connectivity index (χ2n) is 9.31. The Hall–Kier alpha value is -3.50. The highest BCUT2D eigenvalue weighted by Gasteiger charge is 2.13. The molecule has 0 aromatic heterocycles. The first-order chi connectivity index (χ1) is 18.4. The monoisotopic (exact) mass is 556 g/mol. The van der Waals surface area contributed by atoms with Crippen LogP contribution in [0.25, 0.3) is 0 Å². The van der Waals surface area contributed by atoms with E-state index in [0.717, 1.165) is 35.8 Å². The van der Waals surface area contributed by atoms with Gasteiger partial charge < -0.3 is 4.57 Å². The van der Waals surface area contributed by atoms with Gasteiger partial charge in [-0.15, -0.1) is 0 Å². The van der Waals surface area contributed by atoms with Crippen LogP contribution in [-0.2, 0) is 4.57 Å². The first kappa shape index (κ1) is 31.7. The van der Waals surface area contributed by atoms with Crippen molar-refractivity contribution in [2.24, 2.45) is 0 Å². The summed E-state index contributed by atoms with van der Waals surface area (Å²) in [7, 11) is -1.65. The van der Waals surface area contributed by atoms with Crippen molar-refractivity contribution in [2.45, 2.75) is 26.2 Å². The van der Waals surface area contributed by atoms with Crippen molar-refractivity contribution < 1.29 is 26.9 Å². The van der Waals surface area contributed by atoms with Crippen LogP contribution in [0.4, 0.5) is 17.6 Å². The fourth-order valence-electron chi connectivity index (χ4n) is 3.54. The number of hydrogen-bond donors (Lipinski definition) is 0. The molecule has 0 heterocycles. The maximum absolute atomic E-state index is 13.2. The van der Waals surface area contributed by atoms with Gasteiger partial charge in [0.15, 0.2) is 5.78 Å². The molecule has 0 saturated carbocycles. The summed E-state index contributed by atoms with van der Waals surface area (Å²) >= 11 is 0. The second kappa shape index (κ2) is 15.2. The summed E-state index contributed by atoms with van der Waals surface area (Å²) in [6, 6.07) is 23.6. The Morgan fingerprint density at radius 1 is 0.641 bits per heavy atom. The van der Waals surface area contributed by atoms with Gasteiger partial charge in [-0.2, -0.15) is 0 Å². The van der Waals surface area contributed by atoms with Crippen LogP contribution in [0.15, 0.2) is 97.1 Å². The molecule has 4 aromatic carbocycles. The third-order valence-corrected chi connectivity index (χ3v) is 7.37. The summed E-state index contributed by atoms with van der Waals surface area (Å²) < 4.78 is 62.7. The van der Waals surface area contributed by atoms with Gasteiger partial charge in [-0.25, -0.2) is 17.6 Å². The van der Waals surface area contributed by atoms with Crippen molar-refractivity contribution in [1.82, 2.24) is 0 Å². The largest absolute Gasteiger partial charge is 0.324 e. The Morgan fingerprint density at radius 2 is 0.974 bits per heavy atom. The van der Waals surface area contributed by atoms with E-state index < -0.39 is 18.8 Å². The lowest BCUT2D eigenvalue weighted by atomic mass is 9.89. The number of carbonyl (C=O) groups is 1. The molecule has 7 heteroatoms. The minimum absolute atomic E-state index is 0.0430. The topological polar surface area (TPSA) is 34.1 Å². The van der Waals surface area contributed by atoms with Crippen LogP contribution in [0.3, 0.4) is 0 Å². The summed E-state index contributed by atoms with van der Waals surface area (Å²) in [5.41, 5.74) is 2.20. The maximum Gasteiger partial charge on any atom is 0.193 e. The molecule has 0 fully saturated rings. The quantitative estimate of drug-likeness (QED) is 0.135. The van der Waals surface area contributed by atoms with Gasteiger partial charge in [0.2, 0.25) is 0 Å². The Morgan fingerprint density at radius 3 is 1.26 bits per heavy atom. The molecule has 0 saturated heterocycles. The summed E-state index contributed by atoms with van der Waals surface area (Å²) in [5, 5.41) is 0. The van der Waals surface area contributed by atoms with E-state index in [-0.39, 0.29) is 34.5 Å². The van der Waals surface area contributed by atoms with Gasteiger partial charge in [0, 0.05) is 17.0 Å². The number of hydrogen-bond acceptors (Lipinski definition) is 2. The first-order valence-electron chi connectivity index (χ1n) is 12.5. The van der Waals surface area contributed by atoms with Crippen LogP contribution in [-0.4, -0.2) is 25.3 Å². The number of benzene rings is 4. The molecule has 0 bridgehead atoms. The predicted molar refractivity (Wildman–Crippen MR) is 151 cm³/mol. The maximum atomic E-state index is 13.2. The fourth-order valence-corrected chi connectivity index (χ4v) is 3.54. The zero-order valence-corrected chi connectivity index (χ0v) is 23.4. The highest BCUT2D eigenvalue weighted by Crippen LogP contribution is 2.34. The molecule has 4 aromatic rings. The van der Waals surface area contributed by atoms with E-state index in [1.54, 1.807) is 25.5 Å². The second-order valence-corrected chi connectivity index (χ2v) is 13.1. The lowest BCUT2D eigenvalue weighted by molar-refractivity contribution is 0.103. The summed E-state index contributed by atoms with van der Waals surface area (Å²) in [5.74, 6) is -1.82. The number of carbonyl (C=O) groups excluding carboxylic acids is 1. The van der Waals surface area contributed by atoms with E-state index in [4.69, 9.17) is 0 Å². The molecule has 4 rings (SSSR count). The van der Waals surface area contributed by atoms with Crippen LogP contribution in [0.2, 0.25) is 0 Å². The van der Waals surface area contributed by atoms with Gasteiger partial charge in [0.05, 0.1) is 7.14 Å². The third kappa shape index (κ3) is 11.0. The molecule has 0 aliphatic carbocycles. The molecule has 0 N–H and O–H groups in total. The molecule has 0 radical (unpaired) electrons. The highest BCUT2D eigenvalue weighted by molar-refractivity contribution is 7.62. The fraction of sp³-hybridized carbons (Fsp3) is 0.219. The van der Waals surface area contributed by atoms with Crippen molar-refractivity contribution in [3.05, 3.63) is 143 Å². The van der Waals surface area contributed by atoms with E-state index in [1.165, 1.54) is 60.7 Å². The van der Waals surface area contributed by atoms with Crippen molar-refractivity contribution in [1.29, 1.82) is 0 Å². The molecule has 0 atom stereocenters. The highest BCUT2D eigenvalue weighted by atomic mass is 31.2. The Kier molecular flexibility index (Phi) is 12.3. The zero-order chi connectivity index (χ0) is 29.0. The Bertz CT molecular complexity index is 1320. The van der Waals surface area contributed by atoms with Crippen LogP contribution in [0, 0.1) is 23.3 Å². The SMILES string of the molecule is CCC(c1cccc(F)c1)c1cccc(F)c1.CCP(C)(C)=O.O=C(c1cccc(F)c1)c1cccc(F)c1. The minimum atomic E-state index is -1.65. The van der Waals surface area contributed by atoms with Gasteiger partial charge in [-0.3, -0.25) is 4.79 Å². The average Bonchev–Trinajstić information content (AvgIpc) is 2.89. The van der Waals surface area contributed by atoms with E-state index in [1.807, 2.05) is 26.0 Å². The predicted octanol–water partition coefficient (Wildman–Crippen LogP) is 9.33. The smallest absolute Gasteiger partial charge is 0.193 e. The van der Waals surface area contributed by atoms with Crippen molar-refractivity contribution in [3.8, 4) is 0 Å². The van der Waals surface area contributed by atoms with Gasteiger partial charge in [-0.1, -0.05) is 62.4 Å². The van der Waals surface area contributed by atoms with Crippen molar-refractivity contribution in [2.75, 3.05) is 19.5 Å². The van der Waals surface area contributed by atoms with Gasteiger partial charge in [0.1, 0.15) is 23.3 Å². The van der Waals surface area contributed by atoms with Crippen molar-refractivity contribution in [3.63, 3.8) is 0 Å². The summed E-state index contributed by atoms with van der Waals surface area (Å²) in [6.07, 6.45) is 1.64. The minimum Gasteiger partial charge on any atom is -0.324 e. The molecular weight excluding hydrogens is 523 g/mol. The normalized spacial score (nSPS) is 10.7. The van der Waals surface area contributed by atoms with Crippen LogP contribution in [0.1, 0.15) is 53.2 Å². The molecule has 0 spiro atoms. The van der Waals surface area contributed by atoms with Gasteiger partial charge in [-0.05, 0) is 85.6 Å². The molecule has 0 unspecified atom stereocenters. The van der Waals surface area contributed by atoms with E-state index >= 15 is 0 Å². The molecule has 39 heavy (non-hydrogen) atoms. The first-order valence-corrected chi connectivity index (χ1v) is 15.3. The number of halogens is 4. The number of rotatable bonds is 6.